The van der Waals surface area contributed by atoms with Crippen molar-refractivity contribution in [3.05, 3.63) is 35.9 Å². The van der Waals surface area contributed by atoms with E-state index >= 15 is 0 Å². The number of likely N-dealkylation sites (tertiary alicyclic amines) is 2. The smallest absolute Gasteiger partial charge is 0.311 e. The molecule has 2 saturated heterocycles. The highest BCUT2D eigenvalue weighted by atomic mass is 16.4. The van der Waals surface area contributed by atoms with Gasteiger partial charge in [-0.25, -0.2) is 0 Å². The van der Waals surface area contributed by atoms with Crippen molar-refractivity contribution in [2.75, 3.05) is 26.2 Å². The molecule has 2 amide bonds. The average Bonchev–Trinajstić information content (AvgIpc) is 2.90. The van der Waals surface area contributed by atoms with Crippen molar-refractivity contribution in [1.29, 1.82) is 0 Å². The number of benzene rings is 1. The Morgan fingerprint density at radius 3 is 2.50 bits per heavy atom. The summed E-state index contributed by atoms with van der Waals surface area (Å²) in [5, 5.41) is 9.86. The van der Waals surface area contributed by atoms with Crippen molar-refractivity contribution < 1.29 is 19.5 Å². The zero-order chi connectivity index (χ0) is 18.7. The fraction of sp³-hybridized carbons (Fsp3) is 0.550. The van der Waals surface area contributed by atoms with Gasteiger partial charge in [0, 0.05) is 45.4 Å². The molecule has 140 valence electrons. The number of carboxylic acid groups (broad SMARTS) is 1. The van der Waals surface area contributed by atoms with Gasteiger partial charge in [-0.05, 0) is 24.8 Å². The fourth-order valence-electron chi connectivity index (χ4n) is 4.30. The van der Waals surface area contributed by atoms with E-state index in [9.17, 15) is 19.5 Å². The zero-order valence-electron chi connectivity index (χ0n) is 15.2. The minimum Gasteiger partial charge on any atom is -0.481 e. The second-order valence-corrected chi connectivity index (χ2v) is 7.49. The lowest BCUT2D eigenvalue weighted by molar-refractivity contribution is -0.151. The third kappa shape index (κ3) is 3.59. The number of fused-ring (bicyclic) bond motifs is 1. The summed E-state index contributed by atoms with van der Waals surface area (Å²) in [6.07, 6.45) is 2.28. The van der Waals surface area contributed by atoms with E-state index in [0.29, 0.717) is 45.3 Å². The van der Waals surface area contributed by atoms with Crippen molar-refractivity contribution in [2.24, 2.45) is 11.3 Å². The van der Waals surface area contributed by atoms with E-state index in [1.165, 1.54) is 6.92 Å². The molecule has 0 radical (unpaired) electrons. The molecule has 6 heteroatoms. The topological polar surface area (TPSA) is 77.9 Å². The number of aliphatic carboxylic acids is 1. The van der Waals surface area contributed by atoms with Crippen LogP contribution in [-0.2, 0) is 20.8 Å². The number of carbonyl (C=O) groups excluding carboxylic acids is 2. The van der Waals surface area contributed by atoms with Crippen LogP contribution in [0.25, 0.3) is 0 Å². The van der Waals surface area contributed by atoms with Gasteiger partial charge in [-0.1, -0.05) is 30.3 Å². The maximum atomic E-state index is 12.7. The van der Waals surface area contributed by atoms with E-state index in [2.05, 4.69) is 0 Å². The predicted molar refractivity (Wildman–Crippen MR) is 96.4 cm³/mol. The standard InChI is InChI=1S/C20H26N2O4/c1-15(23)22-13-17-12-21(11-5-10-20(17,14-22)19(25)26)18(24)9-8-16-6-3-2-4-7-16/h2-4,6-7,17H,5,8-14H2,1H3,(H,25,26)/t17-,20-/m1/s1. The van der Waals surface area contributed by atoms with Gasteiger partial charge >= 0.3 is 5.97 Å². The molecule has 2 atom stereocenters. The largest absolute Gasteiger partial charge is 0.481 e. The van der Waals surface area contributed by atoms with Crippen LogP contribution in [0.5, 0.6) is 0 Å². The summed E-state index contributed by atoms with van der Waals surface area (Å²) < 4.78 is 0. The van der Waals surface area contributed by atoms with Crippen molar-refractivity contribution in [3.8, 4) is 0 Å². The molecular weight excluding hydrogens is 332 g/mol. The Labute approximate surface area is 153 Å². The summed E-state index contributed by atoms with van der Waals surface area (Å²) in [5.41, 5.74) is 0.208. The molecule has 0 spiro atoms. The fourth-order valence-corrected chi connectivity index (χ4v) is 4.30. The molecule has 1 aromatic carbocycles. The van der Waals surface area contributed by atoms with Gasteiger partial charge in [0.2, 0.25) is 11.8 Å². The zero-order valence-corrected chi connectivity index (χ0v) is 15.2. The number of amides is 2. The molecule has 1 N–H and O–H groups in total. The van der Waals surface area contributed by atoms with E-state index < -0.39 is 11.4 Å². The lowest BCUT2D eigenvalue weighted by atomic mass is 9.75. The predicted octanol–water partition coefficient (Wildman–Crippen LogP) is 1.79. The minimum atomic E-state index is -0.917. The Balaban J connectivity index is 1.69. The molecule has 26 heavy (non-hydrogen) atoms. The third-order valence-corrected chi connectivity index (χ3v) is 5.88. The van der Waals surface area contributed by atoms with Crippen molar-refractivity contribution >= 4 is 17.8 Å². The van der Waals surface area contributed by atoms with Gasteiger partial charge in [0.05, 0.1) is 5.41 Å². The van der Waals surface area contributed by atoms with Crippen molar-refractivity contribution in [3.63, 3.8) is 0 Å². The van der Waals surface area contributed by atoms with Crippen LogP contribution in [0.3, 0.4) is 0 Å². The minimum absolute atomic E-state index is 0.0660. The van der Waals surface area contributed by atoms with Crippen LogP contribution in [0.4, 0.5) is 0 Å². The van der Waals surface area contributed by atoms with Crippen LogP contribution >= 0.6 is 0 Å². The Morgan fingerprint density at radius 2 is 1.85 bits per heavy atom. The first kappa shape index (κ1) is 18.4. The first-order valence-electron chi connectivity index (χ1n) is 9.23. The van der Waals surface area contributed by atoms with Crippen molar-refractivity contribution in [2.45, 2.75) is 32.6 Å². The van der Waals surface area contributed by atoms with Crippen LogP contribution in [-0.4, -0.2) is 58.9 Å². The van der Waals surface area contributed by atoms with E-state index in [0.717, 1.165) is 5.56 Å². The molecule has 0 aromatic heterocycles. The highest BCUT2D eigenvalue weighted by Crippen LogP contribution is 2.43. The molecule has 3 rings (SSSR count). The molecule has 1 aromatic rings. The number of hydrogen-bond acceptors (Lipinski definition) is 3. The summed E-state index contributed by atoms with van der Waals surface area (Å²) in [6.45, 7) is 3.17. The van der Waals surface area contributed by atoms with Crippen LogP contribution in [0.2, 0.25) is 0 Å². The Bertz CT molecular complexity index is 690. The molecular formula is C20H26N2O4. The second-order valence-electron chi connectivity index (χ2n) is 7.49. The second kappa shape index (κ2) is 7.48. The number of nitrogens with zero attached hydrogens (tertiary/aromatic N) is 2. The quantitative estimate of drug-likeness (QED) is 0.890. The number of carboxylic acids is 1. The van der Waals surface area contributed by atoms with Gasteiger partial charge in [0.15, 0.2) is 0 Å². The maximum Gasteiger partial charge on any atom is 0.311 e. The van der Waals surface area contributed by atoms with E-state index in [4.69, 9.17) is 0 Å². The summed E-state index contributed by atoms with van der Waals surface area (Å²) in [4.78, 5) is 39.9. The SMILES string of the molecule is CC(=O)N1C[C@H]2CN(C(=O)CCc3ccccc3)CCC[C@@]2(C(=O)O)C1. The maximum absolute atomic E-state index is 12.7. The third-order valence-electron chi connectivity index (χ3n) is 5.88. The summed E-state index contributed by atoms with van der Waals surface area (Å²) in [5.74, 6) is -1.08. The van der Waals surface area contributed by atoms with Crippen LogP contribution in [0, 0.1) is 11.3 Å². The van der Waals surface area contributed by atoms with Gasteiger partial charge in [0.1, 0.15) is 0 Å². The molecule has 2 aliphatic rings. The molecule has 2 aliphatic heterocycles. The number of aryl methyl sites for hydroxylation is 1. The van der Waals surface area contributed by atoms with Crippen LogP contribution < -0.4 is 0 Å². The molecule has 0 unspecified atom stereocenters. The Kier molecular flexibility index (Phi) is 5.30. The number of hydrogen-bond donors (Lipinski definition) is 1. The van der Waals surface area contributed by atoms with E-state index in [1.54, 1.807) is 4.90 Å². The molecule has 0 bridgehead atoms. The average molecular weight is 358 g/mol. The Hall–Kier alpha value is -2.37. The molecule has 6 nitrogen and oxygen atoms in total. The highest BCUT2D eigenvalue weighted by molar-refractivity contribution is 5.81. The summed E-state index contributed by atoms with van der Waals surface area (Å²) in [6, 6.07) is 9.88. The Morgan fingerprint density at radius 1 is 1.15 bits per heavy atom. The summed E-state index contributed by atoms with van der Waals surface area (Å²) in [7, 11) is 0. The molecule has 2 heterocycles. The van der Waals surface area contributed by atoms with Gasteiger partial charge in [-0.15, -0.1) is 0 Å². The number of carbonyl (C=O) groups is 3. The van der Waals surface area contributed by atoms with Gasteiger partial charge < -0.3 is 14.9 Å². The summed E-state index contributed by atoms with van der Waals surface area (Å²) >= 11 is 0. The van der Waals surface area contributed by atoms with Crippen LogP contribution in [0.1, 0.15) is 31.7 Å². The lowest BCUT2D eigenvalue weighted by Gasteiger charge is -2.29. The molecule has 2 fully saturated rings. The lowest BCUT2D eigenvalue weighted by Crippen LogP contribution is -2.42. The molecule has 0 aliphatic carbocycles. The first-order valence-corrected chi connectivity index (χ1v) is 9.23. The highest BCUT2D eigenvalue weighted by Gasteiger charge is 2.54. The molecule has 0 saturated carbocycles. The van der Waals surface area contributed by atoms with E-state index in [1.807, 2.05) is 35.2 Å². The normalized spacial score (nSPS) is 25.5. The monoisotopic (exact) mass is 358 g/mol. The van der Waals surface area contributed by atoms with Gasteiger partial charge in [-0.2, -0.15) is 0 Å². The first-order chi connectivity index (χ1) is 12.4. The van der Waals surface area contributed by atoms with E-state index in [-0.39, 0.29) is 24.3 Å². The van der Waals surface area contributed by atoms with Crippen LogP contribution in [0.15, 0.2) is 30.3 Å². The van der Waals surface area contributed by atoms with Crippen molar-refractivity contribution in [1.82, 2.24) is 9.80 Å². The number of rotatable bonds is 4. The van der Waals surface area contributed by atoms with Gasteiger partial charge in [0.25, 0.3) is 0 Å². The van der Waals surface area contributed by atoms with Gasteiger partial charge in [-0.3, -0.25) is 14.4 Å².